The van der Waals surface area contributed by atoms with Gasteiger partial charge < -0.3 is 4.52 Å². The Kier molecular flexibility index (Phi) is 4.34. The first-order valence-corrected chi connectivity index (χ1v) is 7.39. The van der Waals surface area contributed by atoms with Crippen molar-refractivity contribution >= 4 is 31.0 Å². The molecule has 0 bridgehead atoms. The van der Waals surface area contributed by atoms with Crippen LogP contribution in [0.2, 0.25) is 5.02 Å². The SMILES string of the molecule is O=P1(Oc2ccccc2Cl)OCC(CCl)CO1. The van der Waals surface area contributed by atoms with Gasteiger partial charge in [-0.15, -0.1) is 11.6 Å². The molecule has 0 amide bonds. The van der Waals surface area contributed by atoms with Crippen LogP contribution in [0, 0.1) is 5.92 Å². The monoisotopic (exact) mass is 296 g/mol. The number of benzene rings is 1. The maximum absolute atomic E-state index is 12.0. The number of phosphoric ester groups is 1. The van der Waals surface area contributed by atoms with Crippen LogP contribution < -0.4 is 4.52 Å². The molecule has 1 aromatic carbocycles. The Labute approximate surface area is 109 Å². The Bertz CT molecular complexity index is 428. The molecule has 0 saturated carbocycles. The highest BCUT2D eigenvalue weighted by atomic mass is 35.5. The van der Waals surface area contributed by atoms with Crippen molar-refractivity contribution < 1.29 is 18.1 Å². The molecule has 1 aromatic rings. The molecule has 0 radical (unpaired) electrons. The summed E-state index contributed by atoms with van der Waals surface area (Å²) in [6.07, 6.45) is 0. The third-order valence-electron chi connectivity index (χ3n) is 2.20. The van der Waals surface area contributed by atoms with Crippen LogP contribution in [0.1, 0.15) is 0 Å². The van der Waals surface area contributed by atoms with Crippen LogP contribution in [-0.2, 0) is 13.6 Å². The molecule has 0 spiro atoms. The highest BCUT2D eigenvalue weighted by Crippen LogP contribution is 2.53. The van der Waals surface area contributed by atoms with Crippen molar-refractivity contribution in [1.29, 1.82) is 0 Å². The number of hydrogen-bond acceptors (Lipinski definition) is 4. The van der Waals surface area contributed by atoms with Crippen molar-refractivity contribution in [3.63, 3.8) is 0 Å². The molecule has 94 valence electrons. The van der Waals surface area contributed by atoms with Gasteiger partial charge in [-0.25, -0.2) is 4.57 Å². The summed E-state index contributed by atoms with van der Waals surface area (Å²) in [5, 5.41) is 0.356. The van der Waals surface area contributed by atoms with Gasteiger partial charge in [-0.3, -0.25) is 9.05 Å². The molecule has 0 N–H and O–H groups in total. The lowest BCUT2D eigenvalue weighted by Gasteiger charge is -2.27. The number of phosphoric acid groups is 1. The molecule has 17 heavy (non-hydrogen) atoms. The minimum atomic E-state index is -3.56. The molecule has 2 rings (SSSR count). The zero-order valence-corrected chi connectivity index (χ0v) is 11.3. The van der Waals surface area contributed by atoms with Gasteiger partial charge in [0, 0.05) is 11.8 Å². The summed E-state index contributed by atoms with van der Waals surface area (Å²) in [5.41, 5.74) is 0. The van der Waals surface area contributed by atoms with Crippen LogP contribution in [0.3, 0.4) is 0 Å². The van der Waals surface area contributed by atoms with Crippen molar-refractivity contribution in [2.24, 2.45) is 5.92 Å². The maximum Gasteiger partial charge on any atom is 0.530 e. The van der Waals surface area contributed by atoms with Crippen LogP contribution in [0.25, 0.3) is 0 Å². The average Bonchev–Trinajstić information content (AvgIpc) is 2.33. The van der Waals surface area contributed by atoms with Crippen LogP contribution in [0.4, 0.5) is 0 Å². The number of halogens is 2. The lowest BCUT2D eigenvalue weighted by atomic mass is 10.2. The predicted octanol–water partition coefficient (Wildman–Crippen LogP) is 3.73. The first-order valence-electron chi connectivity index (χ1n) is 5.02. The quantitative estimate of drug-likeness (QED) is 0.630. The largest absolute Gasteiger partial charge is 0.530 e. The first kappa shape index (κ1) is 13.2. The summed E-state index contributed by atoms with van der Waals surface area (Å²) in [5.74, 6) is 0.710. The topological polar surface area (TPSA) is 44.8 Å². The molecule has 0 unspecified atom stereocenters. The van der Waals surface area contributed by atoms with E-state index in [0.29, 0.717) is 10.9 Å². The summed E-state index contributed by atoms with van der Waals surface area (Å²) in [4.78, 5) is 0. The second kappa shape index (κ2) is 5.59. The van der Waals surface area contributed by atoms with Crippen LogP contribution in [0.15, 0.2) is 24.3 Å². The molecule has 1 saturated heterocycles. The van der Waals surface area contributed by atoms with E-state index in [9.17, 15) is 4.57 Å². The lowest BCUT2D eigenvalue weighted by molar-refractivity contribution is 0.0708. The Hall–Kier alpha value is -0.250. The van der Waals surface area contributed by atoms with E-state index in [1.165, 1.54) is 0 Å². The molecular weight excluding hydrogens is 286 g/mol. The lowest BCUT2D eigenvalue weighted by Crippen LogP contribution is -2.24. The van der Waals surface area contributed by atoms with Gasteiger partial charge >= 0.3 is 7.82 Å². The van der Waals surface area contributed by atoms with Crippen molar-refractivity contribution in [1.82, 2.24) is 0 Å². The Morgan fingerprint density at radius 1 is 1.35 bits per heavy atom. The summed E-state index contributed by atoms with van der Waals surface area (Å²) < 4.78 is 27.4. The number of alkyl halides is 1. The summed E-state index contributed by atoms with van der Waals surface area (Å²) in [6.45, 7) is 0.510. The third kappa shape index (κ3) is 3.36. The molecule has 0 aliphatic carbocycles. The summed E-state index contributed by atoms with van der Waals surface area (Å²) >= 11 is 11.5. The van der Waals surface area contributed by atoms with E-state index in [4.69, 9.17) is 36.8 Å². The zero-order chi connectivity index (χ0) is 12.3. The van der Waals surface area contributed by atoms with E-state index in [0.717, 1.165) is 0 Å². The second-order valence-electron chi connectivity index (χ2n) is 3.58. The van der Waals surface area contributed by atoms with Gasteiger partial charge in [0.15, 0.2) is 0 Å². The fraction of sp³-hybridized carbons (Fsp3) is 0.400. The maximum atomic E-state index is 12.0. The predicted molar refractivity (Wildman–Crippen MR) is 65.8 cm³/mol. The molecule has 1 aliphatic rings. The third-order valence-corrected chi connectivity index (χ3v) is 4.30. The van der Waals surface area contributed by atoms with E-state index in [2.05, 4.69) is 0 Å². The first-order chi connectivity index (χ1) is 8.13. The van der Waals surface area contributed by atoms with Gasteiger partial charge in [0.25, 0.3) is 0 Å². The minimum Gasteiger partial charge on any atom is -0.402 e. The minimum absolute atomic E-state index is 0.0357. The fourth-order valence-corrected chi connectivity index (χ4v) is 3.03. The standard InChI is InChI=1S/C10H11Cl2O4P/c11-5-8-6-14-17(13,15-7-8)16-10-4-2-1-3-9(10)12/h1-4,8H,5-7H2. The van der Waals surface area contributed by atoms with Crippen molar-refractivity contribution in [3.8, 4) is 5.75 Å². The average molecular weight is 297 g/mol. The smallest absolute Gasteiger partial charge is 0.402 e. The van der Waals surface area contributed by atoms with Crippen molar-refractivity contribution in [3.05, 3.63) is 29.3 Å². The van der Waals surface area contributed by atoms with E-state index in [1.807, 2.05) is 0 Å². The Morgan fingerprint density at radius 2 is 2.00 bits per heavy atom. The van der Waals surface area contributed by atoms with Gasteiger partial charge in [-0.2, -0.15) is 0 Å². The van der Waals surface area contributed by atoms with Gasteiger partial charge in [0.05, 0.1) is 18.2 Å². The molecule has 4 nitrogen and oxygen atoms in total. The van der Waals surface area contributed by atoms with E-state index in [-0.39, 0.29) is 24.9 Å². The number of hydrogen-bond donors (Lipinski definition) is 0. The van der Waals surface area contributed by atoms with Gasteiger partial charge in [0.1, 0.15) is 5.75 Å². The molecule has 0 aromatic heterocycles. The second-order valence-corrected chi connectivity index (χ2v) is 5.89. The number of rotatable bonds is 3. The summed E-state index contributed by atoms with van der Waals surface area (Å²) in [7, 11) is -3.56. The van der Waals surface area contributed by atoms with Crippen LogP contribution >= 0.6 is 31.0 Å². The molecular formula is C10H11Cl2O4P. The van der Waals surface area contributed by atoms with Gasteiger partial charge in [0.2, 0.25) is 0 Å². The molecule has 7 heteroatoms. The highest BCUT2D eigenvalue weighted by Gasteiger charge is 2.35. The van der Waals surface area contributed by atoms with Crippen molar-refractivity contribution in [2.75, 3.05) is 19.1 Å². The van der Waals surface area contributed by atoms with E-state index >= 15 is 0 Å². The zero-order valence-electron chi connectivity index (χ0n) is 8.84. The van der Waals surface area contributed by atoms with E-state index < -0.39 is 7.82 Å². The molecule has 1 fully saturated rings. The van der Waals surface area contributed by atoms with Crippen LogP contribution in [-0.4, -0.2) is 19.1 Å². The molecule has 1 aliphatic heterocycles. The summed E-state index contributed by atoms with van der Waals surface area (Å²) in [6, 6.07) is 6.70. The molecule has 0 atom stereocenters. The van der Waals surface area contributed by atoms with Gasteiger partial charge in [-0.1, -0.05) is 23.7 Å². The highest BCUT2D eigenvalue weighted by molar-refractivity contribution is 7.49. The fourth-order valence-electron chi connectivity index (χ4n) is 1.26. The number of para-hydroxylation sites is 1. The van der Waals surface area contributed by atoms with E-state index in [1.54, 1.807) is 24.3 Å². The van der Waals surface area contributed by atoms with Crippen molar-refractivity contribution in [2.45, 2.75) is 0 Å². The van der Waals surface area contributed by atoms with Crippen LogP contribution in [0.5, 0.6) is 5.75 Å². The molecule has 1 heterocycles. The Balaban J connectivity index is 2.04. The Morgan fingerprint density at radius 3 is 2.59 bits per heavy atom. The van der Waals surface area contributed by atoms with Gasteiger partial charge in [-0.05, 0) is 12.1 Å². The normalized spacial score (nSPS) is 28.9.